The van der Waals surface area contributed by atoms with Crippen LogP contribution in [0.2, 0.25) is 0 Å². The van der Waals surface area contributed by atoms with Crippen molar-refractivity contribution in [2.24, 2.45) is 5.73 Å². The maximum atomic E-state index is 11.3. The Kier molecular flexibility index (Phi) is 3.98. The van der Waals surface area contributed by atoms with E-state index in [9.17, 15) is 4.79 Å². The average molecular weight is 247 g/mol. The Morgan fingerprint density at radius 1 is 1.33 bits per heavy atom. The van der Waals surface area contributed by atoms with Crippen LogP contribution >= 0.6 is 0 Å². The van der Waals surface area contributed by atoms with Crippen molar-refractivity contribution >= 4 is 5.91 Å². The highest BCUT2D eigenvalue weighted by Gasteiger charge is 2.25. The van der Waals surface area contributed by atoms with Gasteiger partial charge in [0.2, 0.25) is 0 Å². The number of rotatable bonds is 5. The summed E-state index contributed by atoms with van der Waals surface area (Å²) in [5, 5.41) is 0. The molecule has 0 spiro atoms. The third kappa shape index (κ3) is 3.11. The molecule has 1 atom stereocenters. The zero-order valence-electron chi connectivity index (χ0n) is 9.61. The largest absolute Gasteiger partial charge is 0.367 e. The molecule has 1 aromatic carbocycles. The van der Waals surface area contributed by atoms with Crippen LogP contribution in [0.1, 0.15) is 5.56 Å². The van der Waals surface area contributed by atoms with E-state index in [1.807, 2.05) is 30.3 Å². The number of amides is 1. The van der Waals surface area contributed by atoms with Crippen molar-refractivity contribution < 1.29 is 19.3 Å². The topological polar surface area (TPSA) is 70.8 Å². The van der Waals surface area contributed by atoms with Crippen LogP contribution < -0.4 is 5.73 Å². The number of nitrogens with two attached hydrogens (primary N) is 1. The summed E-state index contributed by atoms with van der Waals surface area (Å²) < 4.78 is 5.45. The summed E-state index contributed by atoms with van der Waals surface area (Å²) in [6, 6.07) is 9.47. The standard InChI is InChI=1S/C13H13NO4/c14-13(15)12(11-7-4-8-17-18-11)16-9-10-5-2-1-3-6-10/h1-8,12H,9H2,(H2,14,15). The van der Waals surface area contributed by atoms with E-state index in [4.69, 9.17) is 15.4 Å². The van der Waals surface area contributed by atoms with Gasteiger partial charge in [0.1, 0.15) is 6.26 Å². The lowest BCUT2D eigenvalue weighted by Crippen LogP contribution is -2.34. The Labute approximate surface area is 104 Å². The summed E-state index contributed by atoms with van der Waals surface area (Å²) in [5.74, 6) is -0.392. The molecule has 2 rings (SSSR count). The van der Waals surface area contributed by atoms with Crippen LogP contribution in [-0.4, -0.2) is 12.0 Å². The predicted octanol–water partition coefficient (Wildman–Crippen LogP) is 1.42. The SMILES string of the molecule is NC(=O)C(OCc1ccccc1)C1=CC=COO1. The van der Waals surface area contributed by atoms with Crippen LogP contribution in [0.3, 0.4) is 0 Å². The Hall–Kier alpha value is -2.27. The van der Waals surface area contributed by atoms with E-state index >= 15 is 0 Å². The molecule has 2 N–H and O–H groups in total. The van der Waals surface area contributed by atoms with Crippen molar-refractivity contribution in [1.82, 2.24) is 0 Å². The molecule has 5 nitrogen and oxygen atoms in total. The predicted molar refractivity (Wildman–Crippen MR) is 63.6 cm³/mol. The summed E-state index contributed by atoms with van der Waals surface area (Å²) >= 11 is 0. The molecular weight excluding hydrogens is 234 g/mol. The van der Waals surface area contributed by atoms with Gasteiger partial charge in [-0.25, -0.2) is 0 Å². The van der Waals surface area contributed by atoms with E-state index in [0.29, 0.717) is 0 Å². The highest BCUT2D eigenvalue weighted by Crippen LogP contribution is 2.15. The second kappa shape index (κ2) is 5.88. The second-order valence-corrected chi connectivity index (χ2v) is 3.66. The quantitative estimate of drug-likeness (QED) is 0.799. The van der Waals surface area contributed by atoms with Crippen molar-refractivity contribution in [1.29, 1.82) is 0 Å². The average Bonchev–Trinajstić information content (AvgIpc) is 2.41. The van der Waals surface area contributed by atoms with E-state index in [1.165, 1.54) is 6.26 Å². The summed E-state index contributed by atoms with van der Waals surface area (Å²) in [6.45, 7) is 0.263. The third-order valence-electron chi connectivity index (χ3n) is 2.32. The molecule has 1 aliphatic rings. The first-order valence-electron chi connectivity index (χ1n) is 5.42. The molecule has 0 bridgehead atoms. The molecule has 0 saturated carbocycles. The van der Waals surface area contributed by atoms with Crippen molar-refractivity contribution in [3.05, 3.63) is 60.1 Å². The summed E-state index contributed by atoms with van der Waals surface area (Å²) in [7, 11) is 0. The molecular formula is C13H13NO4. The summed E-state index contributed by atoms with van der Waals surface area (Å²) in [4.78, 5) is 20.8. The zero-order chi connectivity index (χ0) is 12.8. The van der Waals surface area contributed by atoms with Crippen molar-refractivity contribution in [3.63, 3.8) is 0 Å². The first kappa shape index (κ1) is 12.2. The summed E-state index contributed by atoms with van der Waals surface area (Å²) in [5.41, 5.74) is 6.21. The molecule has 0 saturated heterocycles. The molecule has 1 amide bonds. The van der Waals surface area contributed by atoms with Crippen molar-refractivity contribution in [2.45, 2.75) is 12.7 Å². The van der Waals surface area contributed by atoms with Gasteiger partial charge in [0.15, 0.2) is 11.9 Å². The van der Waals surface area contributed by atoms with Gasteiger partial charge in [0.05, 0.1) is 6.61 Å². The number of allylic oxidation sites excluding steroid dienone is 2. The fourth-order valence-electron chi connectivity index (χ4n) is 1.47. The van der Waals surface area contributed by atoms with E-state index in [2.05, 4.69) is 4.89 Å². The molecule has 0 aromatic heterocycles. The smallest absolute Gasteiger partial charge is 0.254 e. The fourth-order valence-corrected chi connectivity index (χ4v) is 1.47. The van der Waals surface area contributed by atoms with E-state index in [1.54, 1.807) is 12.2 Å². The van der Waals surface area contributed by atoms with Gasteiger partial charge in [-0.05, 0) is 17.7 Å². The van der Waals surface area contributed by atoms with Crippen LogP contribution in [-0.2, 0) is 25.9 Å². The Bertz CT molecular complexity index is 467. The first-order valence-corrected chi connectivity index (χ1v) is 5.42. The van der Waals surface area contributed by atoms with Gasteiger partial charge in [-0.3, -0.25) is 14.6 Å². The molecule has 1 unspecified atom stereocenters. The van der Waals surface area contributed by atoms with Crippen LogP contribution in [0, 0.1) is 0 Å². The van der Waals surface area contributed by atoms with Crippen LogP contribution in [0.15, 0.2) is 54.5 Å². The third-order valence-corrected chi connectivity index (χ3v) is 2.32. The maximum Gasteiger partial charge on any atom is 0.254 e. The summed E-state index contributed by atoms with van der Waals surface area (Å²) in [6.07, 6.45) is 3.55. The second-order valence-electron chi connectivity index (χ2n) is 3.66. The lowest BCUT2D eigenvalue weighted by molar-refractivity contribution is -0.229. The van der Waals surface area contributed by atoms with Crippen LogP contribution in [0.5, 0.6) is 0 Å². The number of benzene rings is 1. The number of carbonyl (C=O) groups is 1. The first-order chi connectivity index (χ1) is 8.77. The normalized spacial score (nSPS) is 15.2. The Morgan fingerprint density at radius 2 is 2.11 bits per heavy atom. The number of ether oxygens (including phenoxy) is 1. The van der Waals surface area contributed by atoms with Crippen molar-refractivity contribution in [3.8, 4) is 0 Å². The van der Waals surface area contributed by atoms with E-state index < -0.39 is 12.0 Å². The zero-order valence-corrected chi connectivity index (χ0v) is 9.61. The van der Waals surface area contributed by atoms with E-state index in [0.717, 1.165) is 5.56 Å². The molecule has 5 heteroatoms. The Balaban J connectivity index is 2.01. The van der Waals surface area contributed by atoms with Gasteiger partial charge >= 0.3 is 0 Å². The van der Waals surface area contributed by atoms with E-state index in [-0.39, 0.29) is 12.4 Å². The lowest BCUT2D eigenvalue weighted by Gasteiger charge is -2.18. The maximum absolute atomic E-state index is 11.3. The fraction of sp³-hybridized carbons (Fsp3) is 0.154. The molecule has 1 aromatic rings. The van der Waals surface area contributed by atoms with Gasteiger partial charge in [0.25, 0.3) is 5.91 Å². The molecule has 0 aliphatic carbocycles. The molecule has 1 heterocycles. The molecule has 94 valence electrons. The highest BCUT2D eigenvalue weighted by molar-refractivity contribution is 5.81. The van der Waals surface area contributed by atoms with Gasteiger partial charge in [-0.15, -0.1) is 0 Å². The van der Waals surface area contributed by atoms with Crippen LogP contribution in [0.25, 0.3) is 0 Å². The van der Waals surface area contributed by atoms with Gasteiger partial charge in [0, 0.05) is 0 Å². The lowest BCUT2D eigenvalue weighted by atomic mass is 10.2. The number of hydrogen-bond donors (Lipinski definition) is 1. The minimum absolute atomic E-state index is 0.237. The van der Waals surface area contributed by atoms with Gasteiger partial charge < -0.3 is 10.5 Å². The van der Waals surface area contributed by atoms with Crippen LogP contribution in [0.4, 0.5) is 0 Å². The number of carbonyl (C=O) groups excluding carboxylic acids is 1. The number of primary amides is 1. The van der Waals surface area contributed by atoms with Crippen molar-refractivity contribution in [2.75, 3.05) is 0 Å². The number of hydrogen-bond acceptors (Lipinski definition) is 4. The van der Waals surface area contributed by atoms with Gasteiger partial charge in [-0.2, -0.15) is 0 Å². The molecule has 0 fully saturated rings. The minimum atomic E-state index is -0.963. The molecule has 0 radical (unpaired) electrons. The Morgan fingerprint density at radius 3 is 2.72 bits per heavy atom. The monoisotopic (exact) mass is 247 g/mol. The minimum Gasteiger partial charge on any atom is -0.367 e. The highest BCUT2D eigenvalue weighted by atomic mass is 17.2. The van der Waals surface area contributed by atoms with Gasteiger partial charge in [-0.1, -0.05) is 30.3 Å². The molecule has 18 heavy (non-hydrogen) atoms. The molecule has 1 aliphatic heterocycles.